The topological polar surface area (TPSA) is 161 Å². The van der Waals surface area contributed by atoms with Gasteiger partial charge in [-0.15, -0.1) is 0 Å². The van der Waals surface area contributed by atoms with E-state index in [1.54, 1.807) is 33.9 Å². The number of carboxylic acid groups (broad SMARTS) is 2. The zero-order chi connectivity index (χ0) is 31.9. The van der Waals surface area contributed by atoms with E-state index in [-0.39, 0.29) is 31.3 Å². The van der Waals surface area contributed by atoms with Crippen molar-refractivity contribution in [1.82, 2.24) is 5.32 Å². The van der Waals surface area contributed by atoms with E-state index in [1.807, 2.05) is 12.1 Å². The highest BCUT2D eigenvalue weighted by molar-refractivity contribution is 5.70. The van der Waals surface area contributed by atoms with Crippen LogP contribution in [0.25, 0.3) is 0 Å². The van der Waals surface area contributed by atoms with Gasteiger partial charge in [-0.3, -0.25) is 9.59 Å². The van der Waals surface area contributed by atoms with E-state index >= 15 is 0 Å². The number of nitrogens with one attached hydrogen (secondary N) is 1. The van der Waals surface area contributed by atoms with Crippen molar-refractivity contribution in [2.75, 3.05) is 26.9 Å². The third-order valence-corrected chi connectivity index (χ3v) is 6.73. The fourth-order valence-corrected chi connectivity index (χ4v) is 4.32. The molecule has 0 saturated carbocycles. The van der Waals surface area contributed by atoms with Gasteiger partial charge in [-0.1, -0.05) is 26.8 Å². The van der Waals surface area contributed by atoms with Crippen molar-refractivity contribution in [3.05, 3.63) is 23.8 Å². The number of benzene rings is 1. The highest BCUT2D eigenvalue weighted by Gasteiger charge is 2.31. The molecule has 0 aromatic heterocycles. The van der Waals surface area contributed by atoms with Crippen LogP contribution in [-0.4, -0.2) is 78.0 Å². The fourth-order valence-electron chi connectivity index (χ4n) is 4.32. The molecule has 0 heterocycles. The predicted octanol–water partition coefficient (Wildman–Crippen LogP) is 4.92. The van der Waals surface area contributed by atoms with Crippen LogP contribution < -0.4 is 14.8 Å². The third kappa shape index (κ3) is 15.3. The maximum absolute atomic E-state index is 12.6. The van der Waals surface area contributed by atoms with Crippen molar-refractivity contribution in [3.8, 4) is 11.5 Å². The molecule has 42 heavy (non-hydrogen) atoms. The van der Waals surface area contributed by atoms with Crippen LogP contribution in [0.15, 0.2) is 18.2 Å². The van der Waals surface area contributed by atoms with Crippen LogP contribution >= 0.6 is 0 Å². The molecule has 1 rings (SSSR count). The van der Waals surface area contributed by atoms with Crippen LogP contribution in [0.2, 0.25) is 0 Å². The number of aliphatic carboxylic acids is 2. The molecule has 11 heteroatoms. The SMILES string of the molecule is COCCCOc1cc(C[C@@H](C[C@H](NC(=O)OC(C)(C)C)[C@@H](O)C[C@@H](C)C(=O)O)C(C)C)ccc1OCCCC(=O)O. The number of hydrogen-bond donors (Lipinski definition) is 4. The van der Waals surface area contributed by atoms with Gasteiger partial charge in [0.25, 0.3) is 0 Å². The number of carbonyl (C=O) groups is 3. The van der Waals surface area contributed by atoms with E-state index in [1.165, 1.54) is 6.92 Å². The summed E-state index contributed by atoms with van der Waals surface area (Å²) < 4.78 is 22.3. The summed E-state index contributed by atoms with van der Waals surface area (Å²) in [6, 6.07) is 4.89. The molecule has 1 amide bonds. The minimum atomic E-state index is -1.09. The van der Waals surface area contributed by atoms with Crippen molar-refractivity contribution in [1.29, 1.82) is 0 Å². The van der Waals surface area contributed by atoms with E-state index in [0.29, 0.717) is 50.4 Å². The summed E-state index contributed by atoms with van der Waals surface area (Å²) in [4.78, 5) is 34.9. The summed E-state index contributed by atoms with van der Waals surface area (Å²) in [5.74, 6) is -1.47. The number of methoxy groups -OCH3 is 1. The van der Waals surface area contributed by atoms with Gasteiger partial charge >= 0.3 is 18.0 Å². The fraction of sp³-hybridized carbons (Fsp3) is 0.710. The van der Waals surface area contributed by atoms with E-state index in [0.717, 1.165) is 5.56 Å². The number of amides is 1. The molecule has 0 saturated heterocycles. The van der Waals surface area contributed by atoms with Gasteiger partial charge in [0, 0.05) is 26.6 Å². The first-order valence-electron chi connectivity index (χ1n) is 14.6. The second-order valence-electron chi connectivity index (χ2n) is 12.1. The summed E-state index contributed by atoms with van der Waals surface area (Å²) in [5, 5.41) is 32.1. The Morgan fingerprint density at radius 1 is 0.929 bits per heavy atom. The lowest BCUT2D eigenvalue weighted by Crippen LogP contribution is -2.47. The van der Waals surface area contributed by atoms with Crippen LogP contribution in [0.4, 0.5) is 4.79 Å². The number of carboxylic acids is 2. The Bertz CT molecular complexity index is 975. The molecule has 0 unspecified atom stereocenters. The van der Waals surface area contributed by atoms with E-state index < -0.39 is 41.7 Å². The molecule has 0 aliphatic rings. The van der Waals surface area contributed by atoms with Gasteiger partial charge in [0.05, 0.1) is 31.3 Å². The Morgan fingerprint density at radius 3 is 2.14 bits per heavy atom. The second kappa shape index (κ2) is 18.5. The summed E-state index contributed by atoms with van der Waals surface area (Å²) >= 11 is 0. The Balaban J connectivity index is 3.16. The summed E-state index contributed by atoms with van der Waals surface area (Å²) in [7, 11) is 1.62. The third-order valence-electron chi connectivity index (χ3n) is 6.73. The Labute approximate surface area is 249 Å². The molecule has 0 spiro atoms. The Morgan fingerprint density at radius 2 is 1.57 bits per heavy atom. The van der Waals surface area contributed by atoms with Crippen LogP contribution in [0.5, 0.6) is 11.5 Å². The summed E-state index contributed by atoms with van der Waals surface area (Å²) in [6.45, 7) is 12.1. The highest BCUT2D eigenvalue weighted by Crippen LogP contribution is 2.32. The quantitative estimate of drug-likeness (QED) is 0.152. The monoisotopic (exact) mass is 597 g/mol. The number of alkyl carbamates (subject to hydrolysis) is 1. The molecule has 0 aliphatic carbocycles. The van der Waals surface area contributed by atoms with E-state index in [2.05, 4.69) is 19.2 Å². The van der Waals surface area contributed by atoms with Gasteiger partial charge in [-0.05, 0) is 76.0 Å². The van der Waals surface area contributed by atoms with Crippen molar-refractivity contribution >= 4 is 18.0 Å². The summed E-state index contributed by atoms with van der Waals surface area (Å²) in [6.07, 6.45) is 0.255. The number of carbonyl (C=O) groups excluding carboxylic acids is 1. The smallest absolute Gasteiger partial charge is 0.407 e. The minimum absolute atomic E-state index is 0.00315. The highest BCUT2D eigenvalue weighted by atomic mass is 16.6. The van der Waals surface area contributed by atoms with Gasteiger partial charge in [0.1, 0.15) is 5.60 Å². The molecule has 1 aromatic rings. The number of aliphatic hydroxyl groups is 1. The first-order chi connectivity index (χ1) is 19.6. The molecule has 11 nitrogen and oxygen atoms in total. The Kier molecular flexibility index (Phi) is 16.3. The lowest BCUT2D eigenvalue weighted by molar-refractivity contribution is -0.142. The molecule has 0 aliphatic heterocycles. The zero-order valence-electron chi connectivity index (χ0n) is 26.2. The number of rotatable bonds is 20. The predicted molar refractivity (Wildman–Crippen MR) is 158 cm³/mol. The second-order valence-corrected chi connectivity index (χ2v) is 12.1. The average Bonchev–Trinajstić information content (AvgIpc) is 2.87. The maximum atomic E-state index is 12.6. The average molecular weight is 598 g/mol. The van der Waals surface area contributed by atoms with Crippen LogP contribution in [0, 0.1) is 17.8 Å². The molecular weight excluding hydrogens is 546 g/mol. The standard InChI is InChI=1S/C31H51NO10/c1-20(2)23(19-24(25(33)16-21(3)29(36)37)32-30(38)42-31(4,5)6)17-22-11-12-26(40-14-8-10-28(34)35)27(18-22)41-15-9-13-39-7/h11-12,18,20-21,23-25,33H,8-10,13-17,19H2,1-7H3,(H,32,38)(H,34,35)(H,36,37)/t21-,23+,24+,25+/m1/s1. The van der Waals surface area contributed by atoms with E-state index in [4.69, 9.17) is 24.1 Å². The van der Waals surface area contributed by atoms with E-state index in [9.17, 15) is 24.6 Å². The first kappa shape index (κ1) is 37.0. The van der Waals surface area contributed by atoms with Gasteiger partial charge in [0.15, 0.2) is 11.5 Å². The lowest BCUT2D eigenvalue weighted by Gasteiger charge is -2.32. The first-order valence-corrected chi connectivity index (χ1v) is 14.6. The zero-order valence-corrected chi connectivity index (χ0v) is 26.2. The molecule has 0 fully saturated rings. The van der Waals surface area contributed by atoms with Gasteiger partial charge in [-0.2, -0.15) is 0 Å². The van der Waals surface area contributed by atoms with Crippen molar-refractivity contribution in [2.24, 2.45) is 17.8 Å². The molecular formula is C31H51NO10. The molecule has 0 bridgehead atoms. The number of ether oxygens (including phenoxy) is 4. The molecule has 4 atom stereocenters. The van der Waals surface area contributed by atoms with Gasteiger partial charge in [0.2, 0.25) is 0 Å². The largest absolute Gasteiger partial charge is 0.490 e. The Hall–Kier alpha value is -3.05. The van der Waals surface area contributed by atoms with Crippen molar-refractivity contribution in [3.63, 3.8) is 0 Å². The molecule has 1 aromatic carbocycles. The normalized spacial score (nSPS) is 14.5. The minimum Gasteiger partial charge on any atom is -0.490 e. The number of aliphatic hydroxyl groups excluding tert-OH is 1. The van der Waals surface area contributed by atoms with Gasteiger partial charge < -0.3 is 39.6 Å². The maximum Gasteiger partial charge on any atom is 0.407 e. The lowest BCUT2D eigenvalue weighted by atomic mass is 9.82. The van der Waals surface area contributed by atoms with Crippen LogP contribution in [0.3, 0.4) is 0 Å². The molecule has 4 N–H and O–H groups in total. The molecule has 0 radical (unpaired) electrons. The molecule has 240 valence electrons. The van der Waals surface area contributed by atoms with Crippen LogP contribution in [0.1, 0.15) is 79.2 Å². The van der Waals surface area contributed by atoms with Crippen molar-refractivity contribution in [2.45, 2.75) is 97.8 Å². The van der Waals surface area contributed by atoms with Crippen LogP contribution in [-0.2, 0) is 25.5 Å². The van der Waals surface area contributed by atoms with Crippen molar-refractivity contribution < 1.29 is 48.7 Å². The van der Waals surface area contributed by atoms with Gasteiger partial charge in [-0.25, -0.2) is 4.79 Å². The number of hydrogen-bond acceptors (Lipinski definition) is 8. The summed E-state index contributed by atoms with van der Waals surface area (Å²) in [5.41, 5.74) is 0.223.